The Hall–Kier alpha value is -2.12. The van der Waals surface area contributed by atoms with Crippen LogP contribution in [0.1, 0.15) is 25.7 Å². The highest BCUT2D eigenvalue weighted by Crippen LogP contribution is 2.35. The summed E-state index contributed by atoms with van der Waals surface area (Å²) in [6.07, 6.45) is 2.64. The lowest BCUT2D eigenvalue weighted by Crippen LogP contribution is -2.51. The quantitative estimate of drug-likeness (QED) is 0.755. The molecule has 0 radical (unpaired) electrons. The molecule has 0 bridgehead atoms. The van der Waals surface area contributed by atoms with Gasteiger partial charge in [-0.25, -0.2) is 4.79 Å². The molecule has 0 aromatic heterocycles. The van der Waals surface area contributed by atoms with Crippen LogP contribution < -0.4 is 10.2 Å². The summed E-state index contributed by atoms with van der Waals surface area (Å²) in [5, 5.41) is 13.4. The highest BCUT2D eigenvalue weighted by molar-refractivity contribution is 6.07. The molecule has 1 aliphatic carbocycles. The van der Waals surface area contributed by atoms with Gasteiger partial charge in [0.05, 0.1) is 12.6 Å². The van der Waals surface area contributed by atoms with Crippen molar-refractivity contribution in [1.29, 1.82) is 0 Å². The lowest BCUT2D eigenvalue weighted by molar-refractivity contribution is -0.132. The molecule has 1 atom stereocenters. The fourth-order valence-corrected chi connectivity index (χ4v) is 4.55. The van der Waals surface area contributed by atoms with Crippen LogP contribution in [0.5, 0.6) is 0 Å². The standard InChI is InChI=1S/C20H28N4O3/c25-17(15-24-18(26)20(21-19(24)27)8-4-5-9-20)14-22-10-12-23(13-11-22)16-6-2-1-3-7-16/h1-3,6-7,17,25H,4-5,8-15H2,(H,21,27)/t17-/m0/s1. The molecular weight excluding hydrogens is 344 g/mol. The molecule has 1 saturated carbocycles. The summed E-state index contributed by atoms with van der Waals surface area (Å²) in [4.78, 5) is 30.7. The van der Waals surface area contributed by atoms with Gasteiger partial charge in [0, 0.05) is 38.4 Å². The molecule has 2 saturated heterocycles. The summed E-state index contributed by atoms with van der Waals surface area (Å²) >= 11 is 0. The van der Waals surface area contributed by atoms with Crippen molar-refractivity contribution >= 4 is 17.6 Å². The molecule has 7 nitrogen and oxygen atoms in total. The first-order valence-electron chi connectivity index (χ1n) is 9.92. The first kappa shape index (κ1) is 18.3. The zero-order valence-corrected chi connectivity index (χ0v) is 15.6. The molecule has 1 aromatic rings. The van der Waals surface area contributed by atoms with Crippen molar-refractivity contribution in [3.05, 3.63) is 30.3 Å². The number of carbonyl (C=O) groups is 2. The van der Waals surface area contributed by atoms with Crippen molar-refractivity contribution in [3.63, 3.8) is 0 Å². The summed E-state index contributed by atoms with van der Waals surface area (Å²) in [5.41, 5.74) is 0.525. The fourth-order valence-electron chi connectivity index (χ4n) is 4.55. The van der Waals surface area contributed by atoms with Gasteiger partial charge < -0.3 is 15.3 Å². The van der Waals surface area contributed by atoms with Crippen LogP contribution in [-0.4, -0.2) is 77.8 Å². The molecule has 3 fully saturated rings. The Bertz CT molecular complexity index is 682. The monoisotopic (exact) mass is 372 g/mol. The van der Waals surface area contributed by atoms with E-state index in [1.165, 1.54) is 10.6 Å². The Balaban J connectivity index is 1.27. The van der Waals surface area contributed by atoms with Crippen molar-refractivity contribution in [3.8, 4) is 0 Å². The van der Waals surface area contributed by atoms with E-state index in [-0.39, 0.29) is 18.5 Å². The smallest absolute Gasteiger partial charge is 0.325 e. The third kappa shape index (κ3) is 3.66. The third-order valence-corrected chi connectivity index (χ3v) is 6.06. The van der Waals surface area contributed by atoms with E-state index in [4.69, 9.17) is 0 Å². The second-order valence-electron chi connectivity index (χ2n) is 7.91. The van der Waals surface area contributed by atoms with Gasteiger partial charge in [-0.15, -0.1) is 0 Å². The van der Waals surface area contributed by atoms with Gasteiger partial charge in [0.25, 0.3) is 5.91 Å². The number of piperazine rings is 1. The summed E-state index contributed by atoms with van der Waals surface area (Å²) in [7, 11) is 0. The number of imide groups is 1. The zero-order valence-electron chi connectivity index (χ0n) is 15.6. The number of anilines is 1. The molecule has 1 spiro atoms. The average Bonchev–Trinajstić information content (AvgIpc) is 3.24. The van der Waals surface area contributed by atoms with Crippen molar-refractivity contribution in [2.45, 2.75) is 37.3 Å². The van der Waals surface area contributed by atoms with Gasteiger partial charge >= 0.3 is 6.03 Å². The zero-order chi connectivity index (χ0) is 18.9. The lowest BCUT2D eigenvalue weighted by Gasteiger charge is -2.37. The molecule has 7 heteroatoms. The highest BCUT2D eigenvalue weighted by atomic mass is 16.3. The van der Waals surface area contributed by atoms with Crippen LogP contribution in [0.3, 0.4) is 0 Å². The predicted molar refractivity (Wildman–Crippen MR) is 103 cm³/mol. The summed E-state index contributed by atoms with van der Waals surface area (Å²) in [6, 6.07) is 9.97. The number of carbonyl (C=O) groups excluding carboxylic acids is 2. The van der Waals surface area contributed by atoms with E-state index in [9.17, 15) is 14.7 Å². The number of β-amino-alcohol motifs (C(OH)–C–C–N with tert-alkyl or cyclic N) is 1. The van der Waals surface area contributed by atoms with Gasteiger partial charge in [0.15, 0.2) is 0 Å². The predicted octanol–water partition coefficient (Wildman–Crippen LogP) is 1.03. The van der Waals surface area contributed by atoms with Gasteiger partial charge in [-0.3, -0.25) is 14.6 Å². The number of hydrogen-bond donors (Lipinski definition) is 2. The molecule has 146 valence electrons. The molecule has 3 aliphatic rings. The van der Waals surface area contributed by atoms with Gasteiger partial charge in [0.1, 0.15) is 5.54 Å². The van der Waals surface area contributed by atoms with Crippen molar-refractivity contribution < 1.29 is 14.7 Å². The SMILES string of the molecule is O=C1NC2(CCCC2)C(=O)N1C[C@@H](O)CN1CCN(c2ccccc2)CC1. The first-order chi connectivity index (χ1) is 13.1. The van der Waals surface area contributed by atoms with E-state index in [2.05, 4.69) is 27.2 Å². The van der Waals surface area contributed by atoms with Gasteiger partial charge in [0.2, 0.25) is 0 Å². The Kier molecular flexibility index (Phi) is 5.06. The van der Waals surface area contributed by atoms with Crippen LogP contribution in [-0.2, 0) is 4.79 Å². The maximum absolute atomic E-state index is 12.7. The largest absolute Gasteiger partial charge is 0.390 e. The average molecular weight is 372 g/mol. The molecule has 2 N–H and O–H groups in total. The van der Waals surface area contributed by atoms with Crippen LogP contribution in [0.2, 0.25) is 0 Å². The van der Waals surface area contributed by atoms with Crippen molar-refractivity contribution in [2.75, 3.05) is 44.2 Å². The number of aliphatic hydroxyl groups is 1. The third-order valence-electron chi connectivity index (χ3n) is 6.06. The van der Waals surface area contributed by atoms with Gasteiger partial charge in [-0.05, 0) is 25.0 Å². The van der Waals surface area contributed by atoms with Crippen molar-refractivity contribution in [2.24, 2.45) is 0 Å². The second kappa shape index (κ2) is 7.48. The molecule has 2 heterocycles. The summed E-state index contributed by atoms with van der Waals surface area (Å²) < 4.78 is 0. The van der Waals surface area contributed by atoms with E-state index >= 15 is 0 Å². The van der Waals surface area contributed by atoms with Crippen LogP contribution in [0.15, 0.2) is 30.3 Å². The Morgan fingerprint density at radius 1 is 1.00 bits per heavy atom. The Morgan fingerprint density at radius 3 is 2.33 bits per heavy atom. The number of para-hydroxylation sites is 1. The van der Waals surface area contributed by atoms with Crippen LogP contribution in [0, 0.1) is 0 Å². The number of rotatable bonds is 5. The summed E-state index contributed by atoms with van der Waals surface area (Å²) in [5.74, 6) is -0.155. The van der Waals surface area contributed by atoms with Gasteiger partial charge in [-0.1, -0.05) is 31.0 Å². The minimum absolute atomic E-state index is 0.0747. The molecule has 4 rings (SSSR count). The van der Waals surface area contributed by atoms with Crippen LogP contribution >= 0.6 is 0 Å². The van der Waals surface area contributed by atoms with E-state index in [0.29, 0.717) is 19.4 Å². The molecule has 0 unspecified atom stereocenters. The molecule has 1 aromatic carbocycles. The second-order valence-corrected chi connectivity index (χ2v) is 7.91. The van der Waals surface area contributed by atoms with E-state index in [0.717, 1.165) is 39.0 Å². The van der Waals surface area contributed by atoms with E-state index in [1.807, 2.05) is 18.2 Å². The minimum atomic E-state index is -0.723. The number of urea groups is 1. The molecular formula is C20H28N4O3. The number of benzene rings is 1. The highest BCUT2D eigenvalue weighted by Gasteiger charge is 2.52. The lowest BCUT2D eigenvalue weighted by atomic mass is 9.98. The Labute approximate surface area is 159 Å². The number of amides is 3. The minimum Gasteiger partial charge on any atom is -0.390 e. The van der Waals surface area contributed by atoms with Crippen LogP contribution in [0.4, 0.5) is 10.5 Å². The number of nitrogens with zero attached hydrogens (tertiary/aromatic N) is 3. The first-order valence-corrected chi connectivity index (χ1v) is 9.92. The normalized spacial score (nSPS) is 23.9. The molecule has 2 aliphatic heterocycles. The van der Waals surface area contributed by atoms with E-state index < -0.39 is 11.6 Å². The maximum Gasteiger partial charge on any atom is 0.325 e. The number of nitrogens with one attached hydrogen (secondary N) is 1. The fraction of sp³-hybridized carbons (Fsp3) is 0.600. The maximum atomic E-state index is 12.7. The van der Waals surface area contributed by atoms with E-state index in [1.54, 1.807) is 0 Å². The van der Waals surface area contributed by atoms with Crippen LogP contribution in [0.25, 0.3) is 0 Å². The number of aliphatic hydroxyl groups excluding tert-OH is 1. The molecule has 3 amide bonds. The number of hydrogen-bond acceptors (Lipinski definition) is 5. The Morgan fingerprint density at radius 2 is 1.67 bits per heavy atom. The van der Waals surface area contributed by atoms with Gasteiger partial charge in [-0.2, -0.15) is 0 Å². The topological polar surface area (TPSA) is 76.1 Å². The summed E-state index contributed by atoms with van der Waals surface area (Å²) in [6.45, 7) is 4.08. The van der Waals surface area contributed by atoms with Crippen molar-refractivity contribution in [1.82, 2.24) is 15.1 Å². The molecule has 27 heavy (non-hydrogen) atoms.